The van der Waals surface area contributed by atoms with Crippen molar-refractivity contribution in [1.82, 2.24) is 4.90 Å². The van der Waals surface area contributed by atoms with Gasteiger partial charge in [0.05, 0.1) is 18.2 Å². The van der Waals surface area contributed by atoms with Crippen LogP contribution in [0.5, 0.6) is 0 Å². The molecular weight excluding hydrogens is 355 g/mol. The van der Waals surface area contributed by atoms with E-state index >= 15 is 0 Å². The summed E-state index contributed by atoms with van der Waals surface area (Å²) in [6.07, 6.45) is -2.66. The average molecular weight is 377 g/mol. The molecule has 0 bridgehead atoms. The molecule has 0 heterocycles. The Morgan fingerprint density at radius 2 is 1.85 bits per heavy atom. The van der Waals surface area contributed by atoms with Gasteiger partial charge in [0.2, 0.25) is 5.91 Å². The van der Waals surface area contributed by atoms with Gasteiger partial charge in [0.25, 0.3) is 0 Å². The van der Waals surface area contributed by atoms with Gasteiger partial charge in [-0.05, 0) is 43.0 Å². The van der Waals surface area contributed by atoms with Crippen molar-refractivity contribution in [2.24, 2.45) is 0 Å². The molecule has 0 saturated heterocycles. The second-order valence-electron chi connectivity index (χ2n) is 6.81. The highest BCUT2D eigenvalue weighted by Gasteiger charge is 2.37. The molecule has 0 N–H and O–H groups in total. The smallest absolute Gasteiger partial charge is 0.367 e. The Bertz CT molecular complexity index is 772. The molecule has 1 unspecified atom stereocenters. The standard InChI is InChI=1S/C21H22F3NO2/c1-15(17-8-5-9-18(12-17)21(22,23)24)25(19-10-11-19)20(26)14-27-13-16-6-3-2-4-7-16/h2-9,12,15,19H,10-11,13-14H2,1H3. The molecule has 1 atom stereocenters. The summed E-state index contributed by atoms with van der Waals surface area (Å²) in [7, 11) is 0. The zero-order valence-electron chi connectivity index (χ0n) is 15.1. The lowest BCUT2D eigenvalue weighted by Crippen LogP contribution is -2.38. The fourth-order valence-electron chi connectivity index (χ4n) is 3.13. The van der Waals surface area contributed by atoms with Gasteiger partial charge < -0.3 is 9.64 Å². The topological polar surface area (TPSA) is 29.5 Å². The Balaban J connectivity index is 1.67. The molecule has 0 aliphatic heterocycles. The molecule has 1 aliphatic carbocycles. The van der Waals surface area contributed by atoms with E-state index in [1.165, 1.54) is 6.07 Å². The van der Waals surface area contributed by atoms with Crippen LogP contribution in [0.1, 0.15) is 42.5 Å². The number of carbonyl (C=O) groups excluding carboxylic acids is 1. The minimum atomic E-state index is -4.40. The van der Waals surface area contributed by atoms with Gasteiger partial charge in [-0.25, -0.2) is 0 Å². The third-order valence-corrected chi connectivity index (χ3v) is 4.68. The zero-order valence-corrected chi connectivity index (χ0v) is 15.1. The number of hydrogen-bond donors (Lipinski definition) is 0. The monoisotopic (exact) mass is 377 g/mol. The molecule has 2 aromatic rings. The summed E-state index contributed by atoms with van der Waals surface area (Å²) in [6, 6.07) is 14.3. The van der Waals surface area contributed by atoms with Gasteiger partial charge in [0, 0.05) is 6.04 Å². The highest BCUT2D eigenvalue weighted by molar-refractivity contribution is 5.78. The Morgan fingerprint density at radius 1 is 1.15 bits per heavy atom. The number of benzene rings is 2. The van der Waals surface area contributed by atoms with Crippen molar-refractivity contribution in [2.75, 3.05) is 6.61 Å². The first-order valence-electron chi connectivity index (χ1n) is 8.96. The number of carbonyl (C=O) groups is 1. The van der Waals surface area contributed by atoms with Gasteiger partial charge in [0.1, 0.15) is 6.61 Å². The predicted molar refractivity (Wildman–Crippen MR) is 95.8 cm³/mol. The van der Waals surface area contributed by atoms with E-state index in [0.717, 1.165) is 30.5 Å². The van der Waals surface area contributed by atoms with Crippen LogP contribution in [-0.4, -0.2) is 23.5 Å². The molecule has 3 rings (SSSR count). The summed E-state index contributed by atoms with van der Waals surface area (Å²) in [6.45, 7) is 2.00. The molecule has 3 nitrogen and oxygen atoms in total. The van der Waals surface area contributed by atoms with Gasteiger partial charge in [-0.3, -0.25) is 4.79 Å². The number of hydrogen-bond acceptors (Lipinski definition) is 2. The Kier molecular flexibility index (Phi) is 5.85. The van der Waals surface area contributed by atoms with Crippen molar-refractivity contribution in [1.29, 1.82) is 0 Å². The van der Waals surface area contributed by atoms with Crippen LogP contribution in [-0.2, 0) is 22.3 Å². The Morgan fingerprint density at radius 3 is 2.48 bits per heavy atom. The predicted octanol–water partition coefficient (Wildman–Crippen LogP) is 4.97. The summed E-state index contributed by atoms with van der Waals surface area (Å²) in [5.74, 6) is -0.196. The largest absolute Gasteiger partial charge is 0.416 e. The lowest BCUT2D eigenvalue weighted by molar-refractivity contribution is -0.139. The van der Waals surface area contributed by atoms with Crippen LogP contribution in [0.4, 0.5) is 13.2 Å². The molecule has 2 aromatic carbocycles. The van der Waals surface area contributed by atoms with E-state index in [4.69, 9.17) is 4.74 Å². The highest BCUT2D eigenvalue weighted by atomic mass is 19.4. The van der Waals surface area contributed by atoms with Gasteiger partial charge in [-0.15, -0.1) is 0 Å². The minimum absolute atomic E-state index is 0.0716. The van der Waals surface area contributed by atoms with Crippen LogP contribution >= 0.6 is 0 Å². The molecule has 6 heteroatoms. The third-order valence-electron chi connectivity index (χ3n) is 4.68. The van der Waals surface area contributed by atoms with Crippen LogP contribution in [0.2, 0.25) is 0 Å². The molecule has 1 aliphatic rings. The lowest BCUT2D eigenvalue weighted by atomic mass is 10.0. The van der Waals surface area contributed by atoms with Crippen molar-refractivity contribution < 1.29 is 22.7 Å². The number of amides is 1. The molecule has 0 aromatic heterocycles. The van der Waals surface area contributed by atoms with Crippen molar-refractivity contribution in [3.8, 4) is 0 Å². The average Bonchev–Trinajstić information content (AvgIpc) is 3.47. The summed E-state index contributed by atoms with van der Waals surface area (Å²) < 4.78 is 44.5. The van der Waals surface area contributed by atoms with E-state index in [0.29, 0.717) is 12.2 Å². The van der Waals surface area contributed by atoms with E-state index < -0.39 is 17.8 Å². The second kappa shape index (κ2) is 8.13. The lowest BCUT2D eigenvalue weighted by Gasteiger charge is -2.30. The van der Waals surface area contributed by atoms with E-state index in [2.05, 4.69) is 0 Å². The Hall–Kier alpha value is -2.34. The van der Waals surface area contributed by atoms with E-state index in [9.17, 15) is 18.0 Å². The minimum Gasteiger partial charge on any atom is -0.367 e. The molecule has 1 fully saturated rings. The van der Waals surface area contributed by atoms with E-state index in [1.54, 1.807) is 17.9 Å². The molecular formula is C21H22F3NO2. The first-order chi connectivity index (χ1) is 12.9. The number of nitrogens with zero attached hydrogens (tertiary/aromatic N) is 1. The van der Waals surface area contributed by atoms with Crippen molar-refractivity contribution in [3.05, 3.63) is 71.3 Å². The van der Waals surface area contributed by atoms with Crippen LogP contribution in [0.25, 0.3) is 0 Å². The van der Waals surface area contributed by atoms with Crippen LogP contribution in [0.15, 0.2) is 54.6 Å². The van der Waals surface area contributed by atoms with Gasteiger partial charge >= 0.3 is 6.18 Å². The SMILES string of the molecule is CC(c1cccc(C(F)(F)F)c1)N(C(=O)COCc1ccccc1)C1CC1. The molecule has 144 valence electrons. The summed E-state index contributed by atoms with van der Waals surface area (Å²) in [4.78, 5) is 14.4. The molecule has 0 spiro atoms. The van der Waals surface area contributed by atoms with Crippen LogP contribution < -0.4 is 0 Å². The highest BCUT2D eigenvalue weighted by Crippen LogP contribution is 2.36. The molecule has 27 heavy (non-hydrogen) atoms. The molecule has 0 radical (unpaired) electrons. The van der Waals surface area contributed by atoms with Gasteiger partial charge in [-0.2, -0.15) is 13.2 Å². The number of ether oxygens (including phenoxy) is 1. The van der Waals surface area contributed by atoms with Crippen LogP contribution in [0.3, 0.4) is 0 Å². The van der Waals surface area contributed by atoms with Crippen molar-refractivity contribution in [3.63, 3.8) is 0 Å². The number of alkyl halides is 3. The third kappa shape index (κ3) is 5.10. The summed E-state index contributed by atoms with van der Waals surface area (Å²) in [5, 5.41) is 0. The molecule has 1 saturated carbocycles. The normalized spacial score (nSPS) is 15.4. The fourth-order valence-corrected chi connectivity index (χ4v) is 3.13. The summed E-state index contributed by atoms with van der Waals surface area (Å²) >= 11 is 0. The van der Waals surface area contributed by atoms with E-state index in [-0.39, 0.29) is 18.6 Å². The Labute approximate surface area is 156 Å². The number of halogens is 3. The van der Waals surface area contributed by atoms with Gasteiger partial charge in [-0.1, -0.05) is 42.5 Å². The molecule has 1 amide bonds. The first kappa shape index (κ1) is 19.4. The van der Waals surface area contributed by atoms with Crippen LogP contribution in [0, 0.1) is 0 Å². The van der Waals surface area contributed by atoms with Crippen molar-refractivity contribution in [2.45, 2.75) is 44.6 Å². The van der Waals surface area contributed by atoms with E-state index in [1.807, 2.05) is 30.3 Å². The fraction of sp³-hybridized carbons (Fsp3) is 0.381. The van der Waals surface area contributed by atoms with Crippen molar-refractivity contribution >= 4 is 5.91 Å². The maximum atomic E-state index is 13.0. The first-order valence-corrected chi connectivity index (χ1v) is 8.96. The second-order valence-corrected chi connectivity index (χ2v) is 6.81. The summed E-state index contributed by atoms with van der Waals surface area (Å²) in [5.41, 5.74) is 0.748. The maximum absolute atomic E-state index is 13.0. The zero-order chi connectivity index (χ0) is 19.4. The number of rotatable bonds is 7. The quantitative estimate of drug-likeness (QED) is 0.682. The maximum Gasteiger partial charge on any atom is 0.416 e. The van der Waals surface area contributed by atoms with Gasteiger partial charge in [0.15, 0.2) is 0 Å².